The fourth-order valence-corrected chi connectivity index (χ4v) is 3.84. The first kappa shape index (κ1) is 15.7. The van der Waals surface area contributed by atoms with E-state index >= 15 is 0 Å². The maximum Gasteiger partial charge on any atom is 0.303 e. The molecule has 0 radical (unpaired) electrons. The number of hydrogen-bond donors (Lipinski definition) is 2. The normalized spacial score (nSPS) is 19.9. The number of rotatable bonds is 4. The molecule has 1 fully saturated rings. The molecule has 2 amide bonds. The zero-order valence-electron chi connectivity index (χ0n) is 13.7. The molecule has 1 aromatic carbocycles. The van der Waals surface area contributed by atoms with Gasteiger partial charge in [0.25, 0.3) is 0 Å². The van der Waals surface area contributed by atoms with Gasteiger partial charge < -0.3 is 19.9 Å². The molecule has 7 heteroatoms. The van der Waals surface area contributed by atoms with E-state index in [4.69, 9.17) is 5.11 Å². The Hall–Kier alpha value is -2.83. The highest BCUT2D eigenvalue weighted by atomic mass is 16.4. The smallest absolute Gasteiger partial charge is 0.303 e. The molecule has 25 heavy (non-hydrogen) atoms. The molecule has 2 aromatic rings. The van der Waals surface area contributed by atoms with Crippen molar-refractivity contribution in [1.29, 1.82) is 0 Å². The Morgan fingerprint density at radius 2 is 2.04 bits per heavy atom. The lowest BCUT2D eigenvalue weighted by Gasteiger charge is -2.42. The van der Waals surface area contributed by atoms with Gasteiger partial charge in [-0.3, -0.25) is 14.4 Å². The lowest BCUT2D eigenvalue weighted by atomic mass is 9.94. The lowest BCUT2D eigenvalue weighted by molar-refractivity contribution is -0.157. The van der Waals surface area contributed by atoms with Gasteiger partial charge in [0, 0.05) is 36.0 Å². The molecule has 0 aliphatic carbocycles. The maximum atomic E-state index is 12.8. The summed E-state index contributed by atoms with van der Waals surface area (Å²) in [5.74, 6) is -1.05. The first-order valence-electron chi connectivity index (χ1n) is 8.43. The van der Waals surface area contributed by atoms with Crippen LogP contribution in [-0.2, 0) is 27.3 Å². The van der Waals surface area contributed by atoms with E-state index in [1.165, 1.54) is 4.90 Å². The number of benzene rings is 1. The lowest BCUT2D eigenvalue weighted by Crippen LogP contribution is -2.61. The number of carbonyl (C=O) groups is 3. The SMILES string of the molecule is O=C(O)CCCN1CC(=O)N2Cc3[nH]c4ccccc4c3C[C@H]2C1=O. The highest BCUT2D eigenvalue weighted by Crippen LogP contribution is 2.32. The summed E-state index contributed by atoms with van der Waals surface area (Å²) < 4.78 is 0. The molecular formula is C18H19N3O4. The van der Waals surface area contributed by atoms with Crippen molar-refractivity contribution in [3.05, 3.63) is 35.5 Å². The van der Waals surface area contributed by atoms with Crippen molar-refractivity contribution >= 4 is 28.7 Å². The Bertz CT molecular complexity index is 872. The highest BCUT2D eigenvalue weighted by Gasteiger charge is 2.42. The topological polar surface area (TPSA) is 93.7 Å². The Labute approximate surface area is 144 Å². The number of carbonyl (C=O) groups excluding carboxylic acids is 2. The highest BCUT2D eigenvalue weighted by molar-refractivity contribution is 5.96. The quantitative estimate of drug-likeness (QED) is 0.872. The molecule has 2 N–H and O–H groups in total. The Morgan fingerprint density at radius 1 is 1.24 bits per heavy atom. The molecule has 130 valence electrons. The maximum absolute atomic E-state index is 12.8. The fraction of sp³-hybridized carbons (Fsp3) is 0.389. The number of aliphatic carboxylic acids is 1. The number of carboxylic acid groups (broad SMARTS) is 1. The number of carboxylic acids is 1. The Balaban J connectivity index is 1.59. The van der Waals surface area contributed by atoms with Crippen molar-refractivity contribution in [3.8, 4) is 0 Å². The summed E-state index contributed by atoms with van der Waals surface area (Å²) in [5.41, 5.74) is 3.12. The van der Waals surface area contributed by atoms with Gasteiger partial charge in [-0.25, -0.2) is 0 Å². The number of fused-ring (bicyclic) bond motifs is 4. The molecular weight excluding hydrogens is 322 g/mol. The molecule has 3 heterocycles. The minimum absolute atomic E-state index is 0.00104. The van der Waals surface area contributed by atoms with Crippen LogP contribution in [0.5, 0.6) is 0 Å². The third-order valence-corrected chi connectivity index (χ3v) is 5.07. The summed E-state index contributed by atoms with van der Waals surface area (Å²) in [6.45, 7) is 0.759. The van der Waals surface area contributed by atoms with Crippen molar-refractivity contribution < 1.29 is 19.5 Å². The second-order valence-corrected chi connectivity index (χ2v) is 6.63. The van der Waals surface area contributed by atoms with Crippen LogP contribution < -0.4 is 0 Å². The summed E-state index contributed by atoms with van der Waals surface area (Å²) >= 11 is 0. The van der Waals surface area contributed by atoms with E-state index in [0.29, 0.717) is 25.9 Å². The molecule has 2 aliphatic heterocycles. The van der Waals surface area contributed by atoms with Crippen LogP contribution in [0.4, 0.5) is 0 Å². The first-order valence-corrected chi connectivity index (χ1v) is 8.43. The van der Waals surface area contributed by atoms with E-state index in [1.807, 2.05) is 24.3 Å². The number of nitrogens with one attached hydrogen (secondary N) is 1. The van der Waals surface area contributed by atoms with E-state index in [0.717, 1.165) is 22.2 Å². The van der Waals surface area contributed by atoms with E-state index in [-0.39, 0.29) is 24.8 Å². The number of aromatic nitrogens is 1. The van der Waals surface area contributed by atoms with Crippen molar-refractivity contribution in [2.75, 3.05) is 13.1 Å². The predicted octanol–water partition coefficient (Wildman–Crippen LogP) is 1.13. The summed E-state index contributed by atoms with van der Waals surface area (Å²) in [6.07, 6.45) is 0.859. The molecule has 1 aromatic heterocycles. The number of para-hydroxylation sites is 1. The van der Waals surface area contributed by atoms with Gasteiger partial charge >= 0.3 is 5.97 Å². The number of hydrogen-bond acceptors (Lipinski definition) is 3. The molecule has 1 saturated heterocycles. The average molecular weight is 341 g/mol. The number of nitrogens with zero attached hydrogens (tertiary/aromatic N) is 2. The number of amides is 2. The number of H-pyrrole nitrogens is 1. The third-order valence-electron chi connectivity index (χ3n) is 5.07. The van der Waals surface area contributed by atoms with Crippen LogP contribution in [0.2, 0.25) is 0 Å². The fourth-order valence-electron chi connectivity index (χ4n) is 3.84. The van der Waals surface area contributed by atoms with Gasteiger partial charge in [-0.1, -0.05) is 18.2 Å². The van der Waals surface area contributed by atoms with Gasteiger partial charge in [0.15, 0.2) is 0 Å². The van der Waals surface area contributed by atoms with Crippen LogP contribution in [0, 0.1) is 0 Å². The number of aromatic amines is 1. The molecule has 4 rings (SSSR count). The molecule has 1 atom stereocenters. The Kier molecular flexibility index (Phi) is 3.71. The van der Waals surface area contributed by atoms with Crippen LogP contribution >= 0.6 is 0 Å². The van der Waals surface area contributed by atoms with Crippen molar-refractivity contribution in [1.82, 2.24) is 14.8 Å². The average Bonchev–Trinajstić information content (AvgIpc) is 2.95. The molecule has 0 bridgehead atoms. The van der Waals surface area contributed by atoms with E-state index < -0.39 is 12.0 Å². The van der Waals surface area contributed by atoms with E-state index in [9.17, 15) is 14.4 Å². The summed E-state index contributed by atoms with van der Waals surface area (Å²) in [7, 11) is 0. The molecule has 7 nitrogen and oxygen atoms in total. The second kappa shape index (κ2) is 5.91. The summed E-state index contributed by atoms with van der Waals surface area (Å²) in [6, 6.07) is 7.46. The zero-order chi connectivity index (χ0) is 17.6. The summed E-state index contributed by atoms with van der Waals surface area (Å²) in [5, 5.41) is 9.85. The van der Waals surface area contributed by atoms with Gasteiger partial charge in [0.2, 0.25) is 11.8 Å². The van der Waals surface area contributed by atoms with Gasteiger partial charge in [0.05, 0.1) is 13.1 Å². The Morgan fingerprint density at radius 3 is 2.84 bits per heavy atom. The minimum Gasteiger partial charge on any atom is -0.481 e. The molecule has 2 aliphatic rings. The van der Waals surface area contributed by atoms with E-state index in [1.54, 1.807) is 4.90 Å². The van der Waals surface area contributed by atoms with Crippen LogP contribution in [0.1, 0.15) is 24.1 Å². The molecule has 0 saturated carbocycles. The van der Waals surface area contributed by atoms with Gasteiger partial charge in [0.1, 0.15) is 6.04 Å². The van der Waals surface area contributed by atoms with Crippen LogP contribution in [0.15, 0.2) is 24.3 Å². The summed E-state index contributed by atoms with van der Waals surface area (Å²) in [4.78, 5) is 42.5. The number of piperazine rings is 1. The van der Waals surface area contributed by atoms with Gasteiger partial charge in [-0.2, -0.15) is 0 Å². The standard InChI is InChI=1S/C18H19N3O4/c22-16-10-20(7-3-6-17(23)24)18(25)15-8-12-11-4-1-2-5-13(11)19-14(12)9-21(15)16/h1-2,4-5,15,19H,3,6-10H2,(H,23,24)/t15-/m0/s1. The third kappa shape index (κ3) is 2.65. The minimum atomic E-state index is -0.890. The second-order valence-electron chi connectivity index (χ2n) is 6.63. The van der Waals surface area contributed by atoms with Crippen LogP contribution in [-0.4, -0.2) is 56.8 Å². The van der Waals surface area contributed by atoms with Crippen molar-refractivity contribution in [3.63, 3.8) is 0 Å². The van der Waals surface area contributed by atoms with E-state index in [2.05, 4.69) is 4.98 Å². The van der Waals surface area contributed by atoms with Crippen LogP contribution in [0.3, 0.4) is 0 Å². The molecule has 0 spiro atoms. The zero-order valence-corrected chi connectivity index (χ0v) is 13.7. The van der Waals surface area contributed by atoms with Crippen molar-refractivity contribution in [2.24, 2.45) is 0 Å². The largest absolute Gasteiger partial charge is 0.481 e. The van der Waals surface area contributed by atoms with Crippen LogP contribution in [0.25, 0.3) is 10.9 Å². The van der Waals surface area contributed by atoms with Crippen molar-refractivity contribution in [2.45, 2.75) is 31.8 Å². The first-order chi connectivity index (χ1) is 12.0. The molecule has 0 unspecified atom stereocenters. The monoisotopic (exact) mass is 341 g/mol. The van der Waals surface area contributed by atoms with Gasteiger partial charge in [-0.05, 0) is 18.1 Å². The predicted molar refractivity (Wildman–Crippen MR) is 89.8 cm³/mol. The van der Waals surface area contributed by atoms with Gasteiger partial charge in [-0.15, -0.1) is 0 Å².